The van der Waals surface area contributed by atoms with Crippen LogP contribution in [-0.4, -0.2) is 33.9 Å². The van der Waals surface area contributed by atoms with Crippen molar-refractivity contribution in [2.24, 2.45) is 0 Å². The van der Waals surface area contributed by atoms with Gasteiger partial charge in [0.2, 0.25) is 0 Å². The second kappa shape index (κ2) is 9.18. The lowest BCUT2D eigenvalue weighted by molar-refractivity contribution is -0.685. The summed E-state index contributed by atoms with van der Waals surface area (Å²) in [4.78, 5) is 0. The van der Waals surface area contributed by atoms with Crippen LogP contribution in [0.15, 0.2) is 42.5 Å². The van der Waals surface area contributed by atoms with Crippen molar-refractivity contribution in [1.29, 1.82) is 0 Å². The zero-order chi connectivity index (χ0) is 17.4. The van der Waals surface area contributed by atoms with Gasteiger partial charge in [-0.05, 0) is 42.3 Å². The molecule has 130 valence electrons. The van der Waals surface area contributed by atoms with Crippen LogP contribution in [0.3, 0.4) is 0 Å². The van der Waals surface area contributed by atoms with Gasteiger partial charge in [0, 0.05) is 12.8 Å². The van der Waals surface area contributed by atoms with Gasteiger partial charge in [-0.3, -0.25) is 0 Å². The second-order valence-electron chi connectivity index (χ2n) is 5.99. The highest BCUT2D eigenvalue weighted by Gasteiger charge is 2.08. The Morgan fingerprint density at radius 3 is 2.12 bits per heavy atom. The Balaban J connectivity index is 1.80. The highest BCUT2D eigenvalue weighted by atomic mass is 16.5. The quantitative estimate of drug-likeness (QED) is 0.768. The molecule has 0 heterocycles. The minimum atomic E-state index is 0.540. The third-order valence-electron chi connectivity index (χ3n) is 4.17. The fraction of sp³-hybridized carbons (Fsp3) is 0.400. The predicted octanol–water partition coefficient (Wildman–Crippen LogP) is 2.45. The molecule has 0 unspecified atom stereocenters. The molecule has 0 amide bonds. The van der Waals surface area contributed by atoms with E-state index >= 15 is 0 Å². The van der Waals surface area contributed by atoms with E-state index in [9.17, 15) is 0 Å². The molecular weight excluding hydrogens is 302 g/mol. The van der Waals surface area contributed by atoms with Gasteiger partial charge in [0.25, 0.3) is 0 Å². The molecule has 4 nitrogen and oxygen atoms in total. The number of quaternary nitrogens is 1. The first kappa shape index (κ1) is 18.1. The Kier molecular flexibility index (Phi) is 6.94. The monoisotopic (exact) mass is 330 g/mol. The van der Waals surface area contributed by atoms with E-state index in [1.807, 2.05) is 18.2 Å². The van der Waals surface area contributed by atoms with E-state index in [0.29, 0.717) is 6.04 Å². The largest absolute Gasteiger partial charge is 0.497 e. The lowest BCUT2D eigenvalue weighted by Crippen LogP contribution is -2.90. The fourth-order valence-corrected chi connectivity index (χ4v) is 2.79. The van der Waals surface area contributed by atoms with Gasteiger partial charge < -0.3 is 19.5 Å². The molecule has 0 bridgehead atoms. The maximum Gasteiger partial charge on any atom is 0.160 e. The lowest BCUT2D eigenvalue weighted by Gasteiger charge is -2.12. The average Bonchev–Trinajstić information content (AvgIpc) is 2.62. The zero-order valence-electron chi connectivity index (χ0n) is 15.0. The van der Waals surface area contributed by atoms with E-state index in [1.54, 1.807) is 21.3 Å². The molecule has 0 saturated heterocycles. The van der Waals surface area contributed by atoms with Crippen molar-refractivity contribution >= 4 is 0 Å². The van der Waals surface area contributed by atoms with Gasteiger partial charge in [0.1, 0.15) is 5.75 Å². The van der Waals surface area contributed by atoms with Gasteiger partial charge in [-0.15, -0.1) is 0 Å². The molecule has 2 rings (SSSR count). The molecule has 0 aliphatic carbocycles. The summed E-state index contributed by atoms with van der Waals surface area (Å²) in [6.45, 7) is 3.31. The van der Waals surface area contributed by atoms with E-state index in [-0.39, 0.29) is 0 Å². The first-order valence-electron chi connectivity index (χ1n) is 8.33. The number of benzene rings is 2. The van der Waals surface area contributed by atoms with Gasteiger partial charge in [-0.1, -0.05) is 18.2 Å². The first-order chi connectivity index (χ1) is 11.7. The van der Waals surface area contributed by atoms with Crippen molar-refractivity contribution in [3.63, 3.8) is 0 Å². The number of nitrogens with two attached hydrogens (primary N) is 1. The Bertz CT molecular complexity index is 625. The van der Waals surface area contributed by atoms with E-state index in [2.05, 4.69) is 36.5 Å². The smallest absolute Gasteiger partial charge is 0.160 e. The molecule has 2 N–H and O–H groups in total. The molecule has 0 aromatic heterocycles. The van der Waals surface area contributed by atoms with Crippen LogP contribution >= 0.6 is 0 Å². The SMILES string of the molecule is COc1ccc(C[C@H](C)[NH2+]CCc2ccc(OC)c(OC)c2)cc1. The summed E-state index contributed by atoms with van der Waals surface area (Å²) in [5.74, 6) is 2.48. The maximum absolute atomic E-state index is 5.36. The van der Waals surface area contributed by atoms with Crippen LogP contribution in [0.2, 0.25) is 0 Å². The number of hydrogen-bond donors (Lipinski definition) is 1. The highest BCUT2D eigenvalue weighted by molar-refractivity contribution is 5.42. The highest BCUT2D eigenvalue weighted by Crippen LogP contribution is 2.27. The molecule has 0 fully saturated rings. The van der Waals surface area contributed by atoms with E-state index in [0.717, 1.165) is 36.6 Å². The Hall–Kier alpha value is -2.20. The molecule has 2 aromatic rings. The molecule has 1 atom stereocenters. The molecule has 0 aliphatic rings. The van der Waals surface area contributed by atoms with Crippen molar-refractivity contribution in [3.8, 4) is 17.2 Å². The molecule has 0 saturated carbocycles. The summed E-state index contributed by atoms with van der Waals surface area (Å²) in [6, 6.07) is 15.0. The van der Waals surface area contributed by atoms with Crippen LogP contribution in [0, 0.1) is 0 Å². The van der Waals surface area contributed by atoms with E-state index < -0.39 is 0 Å². The van der Waals surface area contributed by atoms with Crippen molar-refractivity contribution in [1.82, 2.24) is 0 Å². The Labute approximate surface area is 144 Å². The van der Waals surface area contributed by atoms with Crippen molar-refractivity contribution in [2.75, 3.05) is 27.9 Å². The zero-order valence-corrected chi connectivity index (χ0v) is 15.0. The van der Waals surface area contributed by atoms with Gasteiger partial charge in [0.15, 0.2) is 11.5 Å². The number of hydrogen-bond acceptors (Lipinski definition) is 3. The third kappa shape index (κ3) is 5.17. The van der Waals surface area contributed by atoms with Crippen molar-refractivity contribution in [3.05, 3.63) is 53.6 Å². The van der Waals surface area contributed by atoms with Gasteiger partial charge in [0.05, 0.1) is 33.9 Å². The lowest BCUT2D eigenvalue weighted by atomic mass is 10.1. The van der Waals surface area contributed by atoms with Crippen LogP contribution in [0.5, 0.6) is 17.2 Å². The van der Waals surface area contributed by atoms with E-state index in [1.165, 1.54) is 11.1 Å². The summed E-state index contributed by atoms with van der Waals surface area (Å²) < 4.78 is 15.8. The molecule has 0 radical (unpaired) electrons. The molecule has 2 aromatic carbocycles. The van der Waals surface area contributed by atoms with Gasteiger partial charge in [-0.25, -0.2) is 0 Å². The molecule has 24 heavy (non-hydrogen) atoms. The summed E-state index contributed by atoms with van der Waals surface area (Å²) in [6.07, 6.45) is 2.06. The Morgan fingerprint density at radius 1 is 0.833 bits per heavy atom. The summed E-state index contributed by atoms with van der Waals surface area (Å²) in [5, 5.41) is 2.39. The maximum atomic E-state index is 5.36. The normalized spacial score (nSPS) is 11.8. The average molecular weight is 330 g/mol. The van der Waals surface area contributed by atoms with Crippen LogP contribution in [0.1, 0.15) is 18.1 Å². The summed E-state index contributed by atoms with van der Waals surface area (Å²) in [5.41, 5.74) is 2.60. The minimum absolute atomic E-state index is 0.540. The minimum Gasteiger partial charge on any atom is -0.497 e. The summed E-state index contributed by atoms with van der Waals surface area (Å²) in [7, 11) is 5.02. The van der Waals surface area contributed by atoms with Crippen LogP contribution in [0.25, 0.3) is 0 Å². The molecule has 4 heteroatoms. The first-order valence-corrected chi connectivity index (χ1v) is 8.33. The van der Waals surface area contributed by atoms with Crippen LogP contribution in [-0.2, 0) is 12.8 Å². The van der Waals surface area contributed by atoms with E-state index in [4.69, 9.17) is 14.2 Å². The predicted molar refractivity (Wildman–Crippen MR) is 96.2 cm³/mol. The van der Waals surface area contributed by atoms with Crippen molar-refractivity contribution < 1.29 is 19.5 Å². The third-order valence-corrected chi connectivity index (χ3v) is 4.17. The standard InChI is InChI=1S/C20H27NO3/c1-15(13-16-5-8-18(22-2)9-6-16)21-12-11-17-7-10-19(23-3)20(14-17)24-4/h5-10,14-15,21H,11-13H2,1-4H3/p+1/t15-/m0/s1. The van der Waals surface area contributed by atoms with Crippen LogP contribution < -0.4 is 19.5 Å². The number of ether oxygens (including phenoxy) is 3. The number of methoxy groups -OCH3 is 3. The molecule has 0 aliphatic heterocycles. The van der Waals surface area contributed by atoms with Crippen LogP contribution in [0.4, 0.5) is 0 Å². The van der Waals surface area contributed by atoms with Crippen molar-refractivity contribution in [2.45, 2.75) is 25.8 Å². The van der Waals surface area contributed by atoms with Gasteiger partial charge in [-0.2, -0.15) is 0 Å². The second-order valence-corrected chi connectivity index (χ2v) is 5.99. The Morgan fingerprint density at radius 2 is 1.50 bits per heavy atom. The number of rotatable bonds is 9. The molecular formula is C20H28NO3+. The molecule has 0 spiro atoms. The van der Waals surface area contributed by atoms with Gasteiger partial charge >= 0.3 is 0 Å². The fourth-order valence-electron chi connectivity index (χ4n) is 2.79. The summed E-state index contributed by atoms with van der Waals surface area (Å²) >= 11 is 0. The topological polar surface area (TPSA) is 44.3 Å².